The second-order valence-electron chi connectivity index (χ2n) is 2.82. The highest BCUT2D eigenvalue weighted by Crippen LogP contribution is 2.02. The summed E-state index contributed by atoms with van der Waals surface area (Å²) in [4.78, 5) is 10.9. The Morgan fingerprint density at radius 3 is 2.55 bits per heavy atom. The number of hydrogen-bond acceptors (Lipinski definition) is 3. The summed E-state index contributed by atoms with van der Waals surface area (Å²) in [5, 5.41) is 0. The topological polar surface area (TPSA) is 69.1 Å². The maximum absolute atomic E-state index is 10.9. The van der Waals surface area contributed by atoms with Crippen LogP contribution in [-0.2, 0) is 4.79 Å². The van der Waals surface area contributed by atoms with Crippen LogP contribution in [-0.4, -0.2) is 17.9 Å². The molecule has 0 spiro atoms. The molecule has 0 saturated heterocycles. The van der Waals surface area contributed by atoms with Crippen molar-refractivity contribution >= 4 is 5.78 Å². The molecule has 0 saturated carbocycles. The van der Waals surface area contributed by atoms with Crippen LogP contribution in [0.2, 0.25) is 0 Å². The van der Waals surface area contributed by atoms with E-state index in [2.05, 4.69) is 0 Å². The summed E-state index contributed by atoms with van der Waals surface area (Å²) in [5.74, 6) is -0.0363. The summed E-state index contributed by atoms with van der Waals surface area (Å²) in [6.45, 7) is 3.75. The molecule has 0 fully saturated rings. The molecule has 64 valence electrons. The number of carbonyl (C=O) groups excluding carboxylic acids is 1. The van der Waals surface area contributed by atoms with Gasteiger partial charge in [-0.15, -0.1) is 0 Å². The number of hydrogen-bond donors (Lipinski definition) is 2. The Labute approximate surface area is 67.4 Å². The van der Waals surface area contributed by atoms with Gasteiger partial charge in [0.15, 0.2) is 5.78 Å². The standard InChI is InChI=1S/C8H16N2O/c1-7(11)8(2,10)5-3-4-6-9/h3,5H,4,6,9-10H2,1-2H3/b5-3-. The molecular formula is C8H16N2O. The lowest BCUT2D eigenvalue weighted by Gasteiger charge is -2.15. The van der Waals surface area contributed by atoms with Crippen molar-refractivity contribution < 1.29 is 4.79 Å². The first-order chi connectivity index (χ1) is 5.00. The Kier molecular flexibility index (Phi) is 4.00. The molecule has 3 heteroatoms. The Balaban J connectivity index is 4.00. The summed E-state index contributed by atoms with van der Waals surface area (Å²) < 4.78 is 0. The fourth-order valence-corrected chi connectivity index (χ4v) is 0.542. The van der Waals surface area contributed by atoms with E-state index in [-0.39, 0.29) is 5.78 Å². The maximum atomic E-state index is 10.9. The SMILES string of the molecule is CC(=O)C(C)(N)/C=C\CCN. The third-order valence-corrected chi connectivity index (χ3v) is 1.56. The van der Waals surface area contributed by atoms with Crippen LogP contribution in [0.5, 0.6) is 0 Å². The van der Waals surface area contributed by atoms with Crippen LogP contribution in [0, 0.1) is 0 Å². The van der Waals surface area contributed by atoms with Crippen molar-refractivity contribution in [1.82, 2.24) is 0 Å². The van der Waals surface area contributed by atoms with E-state index >= 15 is 0 Å². The number of rotatable bonds is 4. The molecule has 0 rings (SSSR count). The molecule has 0 aliphatic heterocycles. The van der Waals surface area contributed by atoms with Crippen LogP contribution in [0.3, 0.4) is 0 Å². The van der Waals surface area contributed by atoms with Gasteiger partial charge in [-0.25, -0.2) is 0 Å². The van der Waals surface area contributed by atoms with Gasteiger partial charge in [0.25, 0.3) is 0 Å². The molecule has 0 aliphatic carbocycles. The predicted molar refractivity (Wildman–Crippen MR) is 46.1 cm³/mol. The smallest absolute Gasteiger partial charge is 0.153 e. The highest BCUT2D eigenvalue weighted by Gasteiger charge is 2.19. The van der Waals surface area contributed by atoms with Crippen LogP contribution in [0.25, 0.3) is 0 Å². The lowest BCUT2D eigenvalue weighted by molar-refractivity contribution is -0.120. The fourth-order valence-electron chi connectivity index (χ4n) is 0.542. The van der Waals surface area contributed by atoms with Gasteiger partial charge in [-0.05, 0) is 26.8 Å². The third kappa shape index (κ3) is 3.91. The first-order valence-corrected chi connectivity index (χ1v) is 3.68. The van der Waals surface area contributed by atoms with E-state index in [1.54, 1.807) is 13.0 Å². The Morgan fingerprint density at radius 1 is 1.64 bits per heavy atom. The molecule has 0 aliphatic rings. The minimum Gasteiger partial charge on any atom is -0.330 e. The molecule has 3 nitrogen and oxygen atoms in total. The van der Waals surface area contributed by atoms with Crippen molar-refractivity contribution in [3.05, 3.63) is 12.2 Å². The molecule has 0 aromatic carbocycles. The minimum absolute atomic E-state index is 0.0363. The summed E-state index contributed by atoms with van der Waals surface area (Å²) in [6, 6.07) is 0. The molecule has 0 radical (unpaired) electrons. The Morgan fingerprint density at radius 2 is 2.18 bits per heavy atom. The molecule has 0 bridgehead atoms. The monoisotopic (exact) mass is 156 g/mol. The molecular weight excluding hydrogens is 140 g/mol. The van der Waals surface area contributed by atoms with Crippen molar-refractivity contribution in [3.63, 3.8) is 0 Å². The van der Waals surface area contributed by atoms with Gasteiger partial charge in [0.1, 0.15) is 0 Å². The van der Waals surface area contributed by atoms with Gasteiger partial charge in [0.2, 0.25) is 0 Å². The van der Waals surface area contributed by atoms with E-state index < -0.39 is 5.54 Å². The van der Waals surface area contributed by atoms with Crippen molar-refractivity contribution in [2.24, 2.45) is 11.5 Å². The largest absolute Gasteiger partial charge is 0.330 e. The second-order valence-corrected chi connectivity index (χ2v) is 2.82. The number of Topliss-reactive ketones (excluding diaryl/α,β-unsaturated/α-hetero) is 1. The zero-order valence-electron chi connectivity index (χ0n) is 7.13. The molecule has 1 unspecified atom stereocenters. The number of ketones is 1. The zero-order chi connectivity index (χ0) is 8.91. The normalized spacial score (nSPS) is 16.7. The van der Waals surface area contributed by atoms with Crippen LogP contribution in [0.15, 0.2) is 12.2 Å². The summed E-state index contributed by atoms with van der Waals surface area (Å²) in [5.41, 5.74) is 10.1. The average Bonchev–Trinajstić information content (AvgIpc) is 1.88. The minimum atomic E-state index is -0.824. The Hall–Kier alpha value is -0.670. The molecule has 0 amide bonds. The molecule has 4 N–H and O–H groups in total. The van der Waals surface area contributed by atoms with Crippen molar-refractivity contribution in [2.45, 2.75) is 25.8 Å². The van der Waals surface area contributed by atoms with Crippen LogP contribution in [0.1, 0.15) is 20.3 Å². The molecule has 0 aromatic heterocycles. The summed E-state index contributed by atoms with van der Waals surface area (Å²) in [7, 11) is 0. The summed E-state index contributed by atoms with van der Waals surface area (Å²) >= 11 is 0. The molecule has 0 heterocycles. The summed E-state index contributed by atoms with van der Waals surface area (Å²) in [6.07, 6.45) is 4.30. The van der Waals surface area contributed by atoms with Crippen molar-refractivity contribution in [2.75, 3.05) is 6.54 Å². The van der Waals surface area contributed by atoms with E-state index in [0.717, 1.165) is 6.42 Å². The van der Waals surface area contributed by atoms with Gasteiger partial charge in [-0.2, -0.15) is 0 Å². The van der Waals surface area contributed by atoms with Gasteiger partial charge >= 0.3 is 0 Å². The van der Waals surface area contributed by atoms with Crippen LogP contribution >= 0.6 is 0 Å². The average molecular weight is 156 g/mol. The van der Waals surface area contributed by atoms with E-state index in [4.69, 9.17) is 11.5 Å². The van der Waals surface area contributed by atoms with E-state index in [1.807, 2.05) is 6.08 Å². The number of nitrogens with two attached hydrogens (primary N) is 2. The lowest BCUT2D eigenvalue weighted by atomic mass is 9.98. The third-order valence-electron chi connectivity index (χ3n) is 1.56. The second kappa shape index (κ2) is 4.26. The molecule has 11 heavy (non-hydrogen) atoms. The lowest BCUT2D eigenvalue weighted by Crippen LogP contribution is -2.41. The van der Waals surface area contributed by atoms with Crippen LogP contribution < -0.4 is 11.5 Å². The Bertz CT molecular complexity index is 161. The van der Waals surface area contributed by atoms with Gasteiger partial charge in [-0.1, -0.05) is 12.2 Å². The molecule has 1 atom stereocenters. The van der Waals surface area contributed by atoms with E-state index in [9.17, 15) is 4.79 Å². The maximum Gasteiger partial charge on any atom is 0.153 e. The van der Waals surface area contributed by atoms with Crippen LogP contribution in [0.4, 0.5) is 0 Å². The molecule has 0 aromatic rings. The van der Waals surface area contributed by atoms with E-state index in [0.29, 0.717) is 6.54 Å². The van der Waals surface area contributed by atoms with Gasteiger partial charge in [-0.3, -0.25) is 4.79 Å². The van der Waals surface area contributed by atoms with Crippen molar-refractivity contribution in [1.29, 1.82) is 0 Å². The van der Waals surface area contributed by atoms with Gasteiger partial charge in [0.05, 0.1) is 5.54 Å². The first kappa shape index (κ1) is 10.3. The van der Waals surface area contributed by atoms with Gasteiger partial charge in [0, 0.05) is 0 Å². The first-order valence-electron chi connectivity index (χ1n) is 3.68. The number of carbonyl (C=O) groups is 1. The quantitative estimate of drug-likeness (QED) is 0.571. The predicted octanol–water partition coefficient (Wildman–Crippen LogP) is 0.198. The highest BCUT2D eigenvalue weighted by atomic mass is 16.1. The van der Waals surface area contributed by atoms with E-state index in [1.165, 1.54) is 6.92 Å². The zero-order valence-corrected chi connectivity index (χ0v) is 7.13. The highest BCUT2D eigenvalue weighted by molar-refractivity contribution is 5.87. The fraction of sp³-hybridized carbons (Fsp3) is 0.625. The van der Waals surface area contributed by atoms with Gasteiger partial charge < -0.3 is 11.5 Å². The van der Waals surface area contributed by atoms with Crippen molar-refractivity contribution in [3.8, 4) is 0 Å².